The molecule has 2 N–H and O–H groups in total. The van der Waals surface area contributed by atoms with Gasteiger partial charge in [0.2, 0.25) is 5.88 Å². The average Bonchev–Trinajstić information content (AvgIpc) is 2.73. The quantitative estimate of drug-likeness (QED) is 0.877. The van der Waals surface area contributed by atoms with Gasteiger partial charge in [-0.2, -0.15) is 0 Å². The molecule has 2 heterocycles. The highest BCUT2D eigenvalue weighted by molar-refractivity contribution is 7.14. The van der Waals surface area contributed by atoms with E-state index in [1.165, 1.54) is 0 Å². The van der Waals surface area contributed by atoms with Gasteiger partial charge in [-0.25, -0.2) is 0 Å². The first kappa shape index (κ1) is 10.5. The van der Waals surface area contributed by atoms with E-state index in [0.29, 0.717) is 5.88 Å². The van der Waals surface area contributed by atoms with Crippen LogP contribution >= 0.6 is 22.9 Å². The Morgan fingerprint density at radius 1 is 1.60 bits per heavy atom. The highest BCUT2D eigenvalue weighted by atomic mass is 35.5. The maximum atomic E-state index is 6.17. The minimum atomic E-state index is 0.384. The van der Waals surface area contributed by atoms with Gasteiger partial charge in [0.1, 0.15) is 5.69 Å². The third kappa shape index (κ3) is 1.64. The molecule has 3 nitrogen and oxygen atoms in total. The van der Waals surface area contributed by atoms with Crippen molar-refractivity contribution in [2.45, 2.75) is 20.3 Å². The largest absolute Gasteiger partial charge is 0.367 e. The molecule has 2 aromatic heterocycles. The summed E-state index contributed by atoms with van der Waals surface area (Å²) < 4.78 is 4.98. The van der Waals surface area contributed by atoms with Gasteiger partial charge in [-0.1, -0.05) is 23.7 Å². The molecular formula is C10H11ClN2OS. The second kappa shape index (κ2) is 3.87. The molecule has 80 valence electrons. The Kier molecular flexibility index (Phi) is 2.71. The van der Waals surface area contributed by atoms with E-state index in [-0.39, 0.29) is 0 Å². The summed E-state index contributed by atoms with van der Waals surface area (Å²) in [4.78, 5) is 0.937. The van der Waals surface area contributed by atoms with Gasteiger partial charge in [0, 0.05) is 5.56 Å². The lowest BCUT2D eigenvalue weighted by Gasteiger charge is -1.96. The Morgan fingerprint density at radius 3 is 2.87 bits per heavy atom. The molecule has 0 unspecified atom stereocenters. The Labute approximate surface area is 96.8 Å². The van der Waals surface area contributed by atoms with E-state index in [9.17, 15) is 0 Å². The van der Waals surface area contributed by atoms with Gasteiger partial charge in [0.15, 0.2) is 0 Å². The molecule has 0 fully saturated rings. The van der Waals surface area contributed by atoms with Crippen LogP contribution in [0.15, 0.2) is 9.90 Å². The first-order valence-corrected chi connectivity index (χ1v) is 5.88. The van der Waals surface area contributed by atoms with Crippen molar-refractivity contribution >= 4 is 28.8 Å². The molecule has 0 bridgehead atoms. The van der Waals surface area contributed by atoms with E-state index in [2.05, 4.69) is 5.16 Å². The molecule has 2 aromatic rings. The second-order valence-electron chi connectivity index (χ2n) is 3.29. The van der Waals surface area contributed by atoms with Crippen LogP contribution in [0.3, 0.4) is 0 Å². The number of aryl methyl sites for hydroxylation is 1. The predicted molar refractivity (Wildman–Crippen MR) is 63.4 cm³/mol. The normalized spacial score (nSPS) is 10.9. The maximum absolute atomic E-state index is 6.17. The van der Waals surface area contributed by atoms with Crippen LogP contribution in [0.25, 0.3) is 10.6 Å². The van der Waals surface area contributed by atoms with Crippen LogP contribution in [0.5, 0.6) is 0 Å². The molecule has 0 saturated heterocycles. The van der Waals surface area contributed by atoms with Crippen LogP contribution in [-0.2, 0) is 6.42 Å². The summed E-state index contributed by atoms with van der Waals surface area (Å²) in [5, 5.41) is 6.70. The summed E-state index contributed by atoms with van der Waals surface area (Å²) >= 11 is 7.73. The Bertz CT molecular complexity index is 490. The monoisotopic (exact) mass is 242 g/mol. The third-order valence-corrected chi connectivity index (χ3v) is 3.99. The molecular weight excluding hydrogens is 232 g/mol. The minimum Gasteiger partial charge on any atom is -0.367 e. The van der Waals surface area contributed by atoms with Crippen LogP contribution < -0.4 is 5.73 Å². The Morgan fingerprint density at radius 2 is 2.33 bits per heavy atom. The summed E-state index contributed by atoms with van der Waals surface area (Å²) in [6, 6.07) is 0. The van der Waals surface area contributed by atoms with E-state index < -0.39 is 0 Å². The van der Waals surface area contributed by atoms with E-state index in [1.807, 2.05) is 19.2 Å². The van der Waals surface area contributed by atoms with Gasteiger partial charge in [-0.15, -0.1) is 11.3 Å². The van der Waals surface area contributed by atoms with Crippen LogP contribution in [-0.4, -0.2) is 5.16 Å². The first-order chi connectivity index (χ1) is 7.15. The van der Waals surface area contributed by atoms with Gasteiger partial charge in [0.25, 0.3) is 0 Å². The van der Waals surface area contributed by atoms with Gasteiger partial charge in [0.05, 0.1) is 9.90 Å². The number of aromatic nitrogens is 1. The predicted octanol–water partition coefficient (Wildman–Crippen LogP) is 3.51. The van der Waals surface area contributed by atoms with Crippen LogP contribution in [0.1, 0.15) is 18.1 Å². The van der Waals surface area contributed by atoms with Crippen molar-refractivity contribution in [2.75, 3.05) is 5.73 Å². The van der Waals surface area contributed by atoms with E-state index in [0.717, 1.165) is 33.1 Å². The highest BCUT2D eigenvalue weighted by Crippen LogP contribution is 2.38. The number of rotatable bonds is 2. The van der Waals surface area contributed by atoms with Crippen molar-refractivity contribution in [2.24, 2.45) is 0 Å². The first-order valence-electron chi connectivity index (χ1n) is 4.63. The molecule has 2 rings (SSSR count). The van der Waals surface area contributed by atoms with Crippen molar-refractivity contribution < 1.29 is 4.52 Å². The number of nitrogen functional groups attached to an aromatic ring is 1. The SMILES string of the molecule is CCc1c(-c2scc(C)c2Cl)noc1N. The minimum absolute atomic E-state index is 0.384. The summed E-state index contributed by atoms with van der Waals surface area (Å²) in [7, 11) is 0. The van der Waals surface area contributed by atoms with Gasteiger partial charge >= 0.3 is 0 Å². The number of anilines is 1. The maximum Gasteiger partial charge on any atom is 0.225 e. The number of thiophene rings is 1. The van der Waals surface area contributed by atoms with Crippen LogP contribution in [0.4, 0.5) is 5.88 Å². The fourth-order valence-electron chi connectivity index (χ4n) is 1.43. The summed E-state index contributed by atoms with van der Waals surface area (Å²) in [5.74, 6) is 0.384. The van der Waals surface area contributed by atoms with Crippen molar-refractivity contribution in [3.8, 4) is 10.6 Å². The molecule has 0 atom stereocenters. The Hall–Kier alpha value is -1.00. The number of hydrogen-bond acceptors (Lipinski definition) is 4. The zero-order chi connectivity index (χ0) is 11.0. The second-order valence-corrected chi connectivity index (χ2v) is 4.55. The molecule has 0 aromatic carbocycles. The fraction of sp³-hybridized carbons (Fsp3) is 0.300. The van der Waals surface area contributed by atoms with Crippen LogP contribution in [0, 0.1) is 6.92 Å². The molecule has 0 amide bonds. The van der Waals surface area contributed by atoms with E-state index in [4.69, 9.17) is 21.9 Å². The van der Waals surface area contributed by atoms with Crippen molar-refractivity contribution in [1.82, 2.24) is 5.16 Å². The summed E-state index contributed by atoms with van der Waals surface area (Å²) in [5.41, 5.74) is 8.44. The molecule has 0 aliphatic rings. The molecule has 0 aliphatic heterocycles. The molecule has 0 aliphatic carbocycles. The standard InChI is InChI=1S/C10H11ClN2OS/c1-3-6-8(13-14-10(6)12)9-7(11)5(2)4-15-9/h4H,3,12H2,1-2H3. The molecule has 0 spiro atoms. The van der Waals surface area contributed by atoms with Crippen molar-refractivity contribution in [3.63, 3.8) is 0 Å². The third-order valence-electron chi connectivity index (χ3n) is 2.29. The number of hydrogen-bond donors (Lipinski definition) is 1. The van der Waals surface area contributed by atoms with Crippen molar-refractivity contribution in [3.05, 3.63) is 21.5 Å². The number of nitrogens with zero attached hydrogens (tertiary/aromatic N) is 1. The molecule has 5 heteroatoms. The van der Waals surface area contributed by atoms with Gasteiger partial charge < -0.3 is 10.3 Å². The lowest BCUT2D eigenvalue weighted by Crippen LogP contribution is -1.89. The fourth-order valence-corrected chi connectivity index (χ4v) is 2.72. The zero-order valence-corrected chi connectivity index (χ0v) is 10.1. The zero-order valence-electron chi connectivity index (χ0n) is 8.50. The molecule has 0 radical (unpaired) electrons. The smallest absolute Gasteiger partial charge is 0.225 e. The summed E-state index contributed by atoms with van der Waals surface area (Å²) in [6.07, 6.45) is 0.790. The summed E-state index contributed by atoms with van der Waals surface area (Å²) in [6.45, 7) is 3.98. The van der Waals surface area contributed by atoms with Crippen LogP contribution in [0.2, 0.25) is 5.02 Å². The number of halogens is 1. The van der Waals surface area contributed by atoms with Crippen molar-refractivity contribution in [1.29, 1.82) is 0 Å². The lowest BCUT2D eigenvalue weighted by molar-refractivity contribution is 0.439. The van der Waals surface area contributed by atoms with E-state index in [1.54, 1.807) is 11.3 Å². The van der Waals surface area contributed by atoms with Gasteiger partial charge in [-0.05, 0) is 24.3 Å². The molecule has 15 heavy (non-hydrogen) atoms. The van der Waals surface area contributed by atoms with Gasteiger partial charge in [-0.3, -0.25) is 0 Å². The lowest BCUT2D eigenvalue weighted by atomic mass is 10.1. The Balaban J connectivity index is 2.58. The van der Waals surface area contributed by atoms with E-state index >= 15 is 0 Å². The number of nitrogens with two attached hydrogens (primary N) is 1. The highest BCUT2D eigenvalue weighted by Gasteiger charge is 2.18. The average molecular weight is 243 g/mol. The molecule has 0 saturated carbocycles. The topological polar surface area (TPSA) is 52.0 Å².